The van der Waals surface area contributed by atoms with Crippen molar-refractivity contribution in [3.05, 3.63) is 81.6 Å². The summed E-state index contributed by atoms with van der Waals surface area (Å²) in [6, 6.07) is 14.6. The summed E-state index contributed by atoms with van der Waals surface area (Å²) < 4.78 is 0. The molecular weight excluding hydrogens is 744 g/mol. The molecule has 0 radical (unpaired) electrons. The van der Waals surface area contributed by atoms with Crippen molar-refractivity contribution in [1.82, 2.24) is 30.4 Å². The number of hydrogen-bond acceptors (Lipinski definition) is 12. The lowest BCUT2D eigenvalue weighted by atomic mass is 9.95. The van der Waals surface area contributed by atoms with Crippen molar-refractivity contribution in [2.75, 3.05) is 63.9 Å². The second kappa shape index (κ2) is 23.5. The maximum atomic E-state index is 13.0. The Kier molecular flexibility index (Phi) is 19.2. The number of carbonyl (C=O) groups excluding carboxylic acids is 2. The molecule has 0 fully saturated rings. The van der Waals surface area contributed by atoms with Crippen LogP contribution in [0.15, 0.2) is 48.5 Å². The SMILES string of the molecule is CCCCCCN(CCNC(=O)c1ccc(CCN(CC(CNC(=O)c2nc(Cl)c(N)nc2N)Cc2ccccc2C)C(=O)O)cc1)C[C@H](O)[C@@H](O)[C@H](O)CO. The van der Waals surface area contributed by atoms with E-state index >= 15 is 0 Å². The van der Waals surface area contributed by atoms with Crippen LogP contribution >= 0.6 is 11.6 Å². The molecule has 0 saturated heterocycles. The predicted octanol–water partition coefficient (Wildman–Crippen LogP) is 2.10. The monoisotopic (exact) mass is 800 g/mol. The van der Waals surface area contributed by atoms with Crippen molar-refractivity contribution in [2.45, 2.75) is 70.7 Å². The first-order chi connectivity index (χ1) is 26.7. The van der Waals surface area contributed by atoms with Gasteiger partial charge < -0.3 is 52.5 Å². The van der Waals surface area contributed by atoms with E-state index in [1.807, 2.05) is 36.1 Å². The molecule has 0 spiro atoms. The number of aliphatic hydroxyl groups excluding tert-OH is 4. The summed E-state index contributed by atoms with van der Waals surface area (Å²) in [6.07, 6.45) is -0.519. The first kappa shape index (κ1) is 45.8. The maximum Gasteiger partial charge on any atom is 0.407 e. The number of halogens is 1. The molecular formula is C39H57ClN8O8. The van der Waals surface area contributed by atoms with E-state index < -0.39 is 36.9 Å². The van der Waals surface area contributed by atoms with Crippen LogP contribution < -0.4 is 22.1 Å². The summed E-state index contributed by atoms with van der Waals surface area (Å²) >= 11 is 5.96. The Morgan fingerprint density at radius 1 is 0.857 bits per heavy atom. The van der Waals surface area contributed by atoms with E-state index in [1.165, 1.54) is 4.90 Å². The summed E-state index contributed by atoms with van der Waals surface area (Å²) in [5, 5.41) is 55.1. The number of nitrogens with two attached hydrogens (primary N) is 2. The molecule has 308 valence electrons. The predicted molar refractivity (Wildman–Crippen MR) is 214 cm³/mol. The second-order valence-corrected chi connectivity index (χ2v) is 14.3. The number of aromatic nitrogens is 2. The van der Waals surface area contributed by atoms with E-state index in [0.29, 0.717) is 31.5 Å². The van der Waals surface area contributed by atoms with Crippen molar-refractivity contribution >= 4 is 41.1 Å². The van der Waals surface area contributed by atoms with Gasteiger partial charge in [-0.05, 0) is 67.5 Å². The summed E-state index contributed by atoms with van der Waals surface area (Å²) in [5.41, 5.74) is 14.6. The van der Waals surface area contributed by atoms with Gasteiger partial charge in [-0.3, -0.25) is 14.5 Å². The van der Waals surface area contributed by atoms with Crippen LogP contribution in [0.25, 0.3) is 0 Å². The van der Waals surface area contributed by atoms with Gasteiger partial charge in [-0.25, -0.2) is 14.8 Å². The Morgan fingerprint density at radius 2 is 1.57 bits per heavy atom. The molecule has 0 saturated carbocycles. The van der Waals surface area contributed by atoms with Gasteiger partial charge in [0.1, 0.15) is 12.2 Å². The summed E-state index contributed by atoms with van der Waals surface area (Å²) in [5.74, 6) is -1.53. The third-order valence-electron chi connectivity index (χ3n) is 9.54. The molecule has 3 amide bonds. The highest BCUT2D eigenvalue weighted by Crippen LogP contribution is 2.19. The van der Waals surface area contributed by atoms with Crippen LogP contribution in [-0.2, 0) is 12.8 Å². The average molecular weight is 801 g/mol. The van der Waals surface area contributed by atoms with Crippen LogP contribution in [-0.4, -0.2) is 134 Å². The summed E-state index contributed by atoms with van der Waals surface area (Å²) in [7, 11) is 0. The molecule has 16 nitrogen and oxygen atoms in total. The third kappa shape index (κ3) is 14.8. The molecule has 1 heterocycles. The van der Waals surface area contributed by atoms with Gasteiger partial charge in [0.2, 0.25) is 0 Å². The number of unbranched alkanes of at least 4 members (excludes halogenated alkanes) is 3. The van der Waals surface area contributed by atoms with Crippen LogP contribution in [0.4, 0.5) is 16.4 Å². The lowest BCUT2D eigenvalue weighted by Crippen LogP contribution is -2.47. The first-order valence-electron chi connectivity index (χ1n) is 18.9. The average Bonchev–Trinajstić information content (AvgIpc) is 3.18. The van der Waals surface area contributed by atoms with Crippen molar-refractivity contribution < 1.29 is 39.9 Å². The molecule has 3 aromatic rings. The minimum atomic E-state index is -1.50. The number of nitrogens with one attached hydrogen (secondary N) is 2. The lowest BCUT2D eigenvalue weighted by molar-refractivity contribution is -0.0840. The molecule has 0 bridgehead atoms. The van der Waals surface area contributed by atoms with Crippen LogP contribution in [0, 0.1) is 12.8 Å². The number of anilines is 2. The zero-order valence-corrected chi connectivity index (χ0v) is 32.9. The third-order valence-corrected chi connectivity index (χ3v) is 9.82. The fraction of sp³-hybridized carbons (Fsp3) is 0.513. The van der Waals surface area contributed by atoms with Crippen LogP contribution in [0.5, 0.6) is 0 Å². The van der Waals surface area contributed by atoms with Crippen molar-refractivity contribution in [1.29, 1.82) is 0 Å². The molecule has 3 rings (SSSR count). The van der Waals surface area contributed by atoms with E-state index in [1.54, 1.807) is 24.3 Å². The molecule has 1 aromatic heterocycles. The van der Waals surface area contributed by atoms with E-state index in [2.05, 4.69) is 27.5 Å². The van der Waals surface area contributed by atoms with Gasteiger partial charge in [-0.2, -0.15) is 0 Å². The van der Waals surface area contributed by atoms with E-state index in [4.69, 9.17) is 28.2 Å². The van der Waals surface area contributed by atoms with Crippen LogP contribution in [0.3, 0.4) is 0 Å². The smallest absolute Gasteiger partial charge is 0.407 e. The van der Waals surface area contributed by atoms with E-state index in [-0.39, 0.29) is 67.0 Å². The number of aryl methyl sites for hydroxylation is 1. The van der Waals surface area contributed by atoms with Crippen molar-refractivity contribution in [3.63, 3.8) is 0 Å². The molecule has 0 aliphatic heterocycles. The minimum absolute atomic E-state index is 0.0623. The van der Waals surface area contributed by atoms with Gasteiger partial charge in [0.05, 0.1) is 12.7 Å². The molecule has 1 unspecified atom stereocenters. The molecule has 56 heavy (non-hydrogen) atoms. The number of aliphatic hydroxyl groups is 4. The normalized spacial score (nSPS) is 13.5. The minimum Gasteiger partial charge on any atom is -0.465 e. The quantitative estimate of drug-likeness (QED) is 0.0589. The van der Waals surface area contributed by atoms with Gasteiger partial charge in [0.25, 0.3) is 11.8 Å². The largest absolute Gasteiger partial charge is 0.465 e. The number of rotatable bonds is 24. The Balaban J connectivity index is 1.60. The first-order valence-corrected chi connectivity index (χ1v) is 19.2. The Morgan fingerprint density at radius 3 is 2.23 bits per heavy atom. The molecule has 0 aliphatic rings. The fourth-order valence-corrected chi connectivity index (χ4v) is 6.29. The number of benzene rings is 2. The highest BCUT2D eigenvalue weighted by molar-refractivity contribution is 6.31. The van der Waals surface area contributed by atoms with Gasteiger partial charge in [-0.1, -0.05) is 74.2 Å². The Hall–Kier alpha value is -4.58. The highest BCUT2D eigenvalue weighted by atomic mass is 35.5. The second-order valence-electron chi connectivity index (χ2n) is 13.9. The van der Waals surface area contributed by atoms with Gasteiger partial charge in [-0.15, -0.1) is 0 Å². The van der Waals surface area contributed by atoms with Gasteiger partial charge in [0, 0.05) is 44.8 Å². The summed E-state index contributed by atoms with van der Waals surface area (Å²) in [4.78, 5) is 49.4. The summed E-state index contributed by atoms with van der Waals surface area (Å²) in [6.45, 7) is 5.13. The zero-order chi connectivity index (χ0) is 41.2. The number of carbonyl (C=O) groups is 3. The number of nitrogen functional groups attached to an aromatic ring is 2. The Labute approximate surface area is 332 Å². The molecule has 2 aromatic carbocycles. The maximum absolute atomic E-state index is 13.0. The number of carboxylic acid groups (broad SMARTS) is 1. The highest BCUT2D eigenvalue weighted by Gasteiger charge is 2.26. The van der Waals surface area contributed by atoms with Gasteiger partial charge in [0.15, 0.2) is 22.5 Å². The molecule has 0 aliphatic carbocycles. The number of amides is 3. The fourth-order valence-electron chi connectivity index (χ4n) is 6.17. The topological polar surface area (TPSA) is 261 Å². The Bertz CT molecular complexity index is 1700. The van der Waals surface area contributed by atoms with Crippen LogP contribution in [0.1, 0.15) is 70.1 Å². The van der Waals surface area contributed by atoms with E-state index in [0.717, 1.165) is 42.4 Å². The van der Waals surface area contributed by atoms with Crippen LogP contribution in [0.2, 0.25) is 5.15 Å². The standard InChI is InChI=1S/C39H57ClN8O8/c1-3-4-5-8-17-47(23-30(50)33(52)31(51)24-49)19-16-43-37(53)28-13-11-26(12-14-28)15-18-48(39(55)56)22-27(20-29-10-7-6-9-25(29)2)21-44-38(54)32-35(41)46-36(42)34(40)45-32/h6-7,9-14,27,30-31,33,49-52H,3-5,8,15-24H2,1-2H3,(H,43,53)(H,44,54)(H,55,56)(H4,41,42,46)/t27?,30-,31+,33+/m0/s1. The van der Waals surface area contributed by atoms with Gasteiger partial charge >= 0.3 is 6.09 Å². The lowest BCUT2D eigenvalue weighted by Gasteiger charge is -2.29. The van der Waals surface area contributed by atoms with E-state index in [9.17, 15) is 34.8 Å². The molecule has 4 atom stereocenters. The van der Waals surface area contributed by atoms with Crippen molar-refractivity contribution in [2.24, 2.45) is 5.92 Å². The zero-order valence-electron chi connectivity index (χ0n) is 32.1. The molecule has 11 N–H and O–H groups in total. The number of hydrogen-bond donors (Lipinski definition) is 9. The number of nitrogens with zero attached hydrogens (tertiary/aromatic N) is 4. The molecule has 17 heteroatoms. The van der Waals surface area contributed by atoms with Crippen molar-refractivity contribution in [3.8, 4) is 0 Å².